The Balaban J connectivity index is 2.21. The lowest BCUT2D eigenvalue weighted by Crippen LogP contribution is -2.14. The van der Waals surface area contributed by atoms with Gasteiger partial charge in [0.15, 0.2) is 0 Å². The molecule has 0 aliphatic heterocycles. The summed E-state index contributed by atoms with van der Waals surface area (Å²) in [6.45, 7) is 3.18. The van der Waals surface area contributed by atoms with Crippen LogP contribution in [0, 0.1) is 13.8 Å². The van der Waals surface area contributed by atoms with E-state index in [1.165, 1.54) is 12.1 Å². The van der Waals surface area contributed by atoms with Gasteiger partial charge in [0.2, 0.25) is 9.84 Å². The molecule has 0 aliphatic carbocycles. The summed E-state index contributed by atoms with van der Waals surface area (Å²) in [5, 5.41) is 6.16. The van der Waals surface area contributed by atoms with Crippen LogP contribution in [-0.2, 0) is 9.84 Å². The molecule has 0 saturated heterocycles. The van der Waals surface area contributed by atoms with E-state index in [2.05, 4.69) is 10.5 Å². The van der Waals surface area contributed by atoms with Gasteiger partial charge in [0.25, 0.3) is 5.91 Å². The van der Waals surface area contributed by atoms with Crippen LogP contribution < -0.4 is 5.32 Å². The summed E-state index contributed by atoms with van der Waals surface area (Å²) >= 11 is 0. The predicted molar refractivity (Wildman–Crippen MR) is 73.6 cm³/mol. The number of alkyl halides is 2. The Bertz CT molecular complexity index is 778. The topological polar surface area (TPSA) is 89.3 Å². The summed E-state index contributed by atoms with van der Waals surface area (Å²) in [7, 11) is -4.65. The zero-order chi connectivity index (χ0) is 16.5. The summed E-state index contributed by atoms with van der Waals surface area (Å²) in [5.74, 6) is -3.64. The average molecular weight is 330 g/mol. The average Bonchev–Trinajstić information content (AvgIpc) is 2.78. The normalized spacial score (nSPS) is 11.7. The molecule has 0 fully saturated rings. The second-order valence-corrected chi connectivity index (χ2v) is 6.40. The number of nitrogens with zero attached hydrogens (tertiary/aromatic N) is 1. The Morgan fingerprint density at radius 1 is 1.23 bits per heavy atom. The van der Waals surface area contributed by atoms with E-state index in [1.807, 2.05) is 0 Å². The van der Waals surface area contributed by atoms with Gasteiger partial charge in [-0.1, -0.05) is 5.16 Å². The van der Waals surface area contributed by atoms with Crippen molar-refractivity contribution < 1.29 is 26.5 Å². The van der Waals surface area contributed by atoms with Crippen LogP contribution in [0.1, 0.15) is 21.8 Å². The number of nitrogens with one attached hydrogen (secondary N) is 1. The molecular weight excluding hydrogens is 318 g/mol. The fourth-order valence-electron chi connectivity index (χ4n) is 1.83. The first kappa shape index (κ1) is 16.1. The van der Waals surface area contributed by atoms with Gasteiger partial charge in [-0.3, -0.25) is 4.79 Å². The number of aromatic nitrogens is 1. The molecule has 2 aromatic rings. The number of hydrogen-bond donors (Lipinski definition) is 1. The van der Waals surface area contributed by atoms with E-state index >= 15 is 0 Å². The van der Waals surface area contributed by atoms with Crippen molar-refractivity contribution in [1.82, 2.24) is 5.16 Å². The molecule has 1 amide bonds. The molecule has 2 rings (SSSR count). The molecule has 0 unspecified atom stereocenters. The lowest BCUT2D eigenvalue weighted by molar-refractivity contribution is 0.102. The second-order valence-electron chi connectivity index (χ2n) is 4.48. The van der Waals surface area contributed by atoms with Gasteiger partial charge in [-0.25, -0.2) is 8.42 Å². The van der Waals surface area contributed by atoms with Crippen molar-refractivity contribution in [3.8, 4) is 0 Å². The standard InChI is InChI=1S/C13H12F2N2O4S/c1-7-11(8(2)21-17-7)12(18)16-9-3-5-10(6-4-9)22(19,20)13(14)15/h3-6,13H,1-2H3,(H,16,18). The number of halogens is 2. The maximum atomic E-state index is 12.4. The predicted octanol–water partition coefficient (Wildman–Crippen LogP) is 2.54. The number of anilines is 1. The minimum absolute atomic E-state index is 0.262. The minimum atomic E-state index is -4.65. The molecule has 0 spiro atoms. The lowest BCUT2D eigenvalue weighted by atomic mass is 10.2. The Morgan fingerprint density at radius 2 is 1.82 bits per heavy atom. The summed E-state index contributed by atoms with van der Waals surface area (Å²) in [4.78, 5) is 11.5. The number of amides is 1. The quantitative estimate of drug-likeness (QED) is 0.930. The monoisotopic (exact) mass is 330 g/mol. The van der Waals surface area contributed by atoms with Crippen LogP contribution in [0.2, 0.25) is 0 Å². The highest BCUT2D eigenvalue weighted by molar-refractivity contribution is 7.91. The van der Waals surface area contributed by atoms with E-state index in [0.717, 1.165) is 12.1 Å². The van der Waals surface area contributed by atoms with E-state index < -0.39 is 26.4 Å². The van der Waals surface area contributed by atoms with Gasteiger partial charge in [-0.2, -0.15) is 8.78 Å². The number of carbonyl (C=O) groups is 1. The van der Waals surface area contributed by atoms with Gasteiger partial charge < -0.3 is 9.84 Å². The third-order valence-corrected chi connectivity index (χ3v) is 4.33. The molecule has 1 aromatic carbocycles. The smallest absolute Gasteiger partial charge is 0.341 e. The maximum absolute atomic E-state index is 12.4. The molecule has 118 valence electrons. The van der Waals surface area contributed by atoms with Crippen molar-refractivity contribution in [2.45, 2.75) is 24.5 Å². The fraction of sp³-hybridized carbons (Fsp3) is 0.231. The van der Waals surface area contributed by atoms with Crippen LogP contribution in [0.3, 0.4) is 0 Å². The van der Waals surface area contributed by atoms with E-state index in [9.17, 15) is 22.0 Å². The van der Waals surface area contributed by atoms with Crippen molar-refractivity contribution in [3.05, 3.63) is 41.3 Å². The Kier molecular flexibility index (Phi) is 4.27. The Morgan fingerprint density at radius 3 is 2.27 bits per heavy atom. The zero-order valence-electron chi connectivity index (χ0n) is 11.6. The molecule has 1 N–H and O–H groups in total. The summed E-state index contributed by atoms with van der Waals surface area (Å²) < 4.78 is 52.3. The number of aryl methyl sites for hydroxylation is 2. The third kappa shape index (κ3) is 2.98. The first-order valence-corrected chi connectivity index (χ1v) is 7.64. The van der Waals surface area contributed by atoms with Gasteiger partial charge in [-0.05, 0) is 38.1 Å². The van der Waals surface area contributed by atoms with Crippen molar-refractivity contribution >= 4 is 21.4 Å². The fourth-order valence-corrected chi connectivity index (χ4v) is 2.55. The maximum Gasteiger partial charge on any atom is 0.341 e. The van der Waals surface area contributed by atoms with Crippen LogP contribution in [0.15, 0.2) is 33.7 Å². The largest absolute Gasteiger partial charge is 0.361 e. The van der Waals surface area contributed by atoms with Crippen LogP contribution in [0.25, 0.3) is 0 Å². The number of carbonyl (C=O) groups excluding carboxylic acids is 1. The third-order valence-electron chi connectivity index (χ3n) is 2.94. The molecule has 0 saturated carbocycles. The molecule has 22 heavy (non-hydrogen) atoms. The summed E-state index contributed by atoms with van der Waals surface area (Å²) in [6, 6.07) is 4.46. The van der Waals surface area contributed by atoms with Gasteiger partial charge >= 0.3 is 5.76 Å². The number of hydrogen-bond acceptors (Lipinski definition) is 5. The van der Waals surface area contributed by atoms with E-state index in [4.69, 9.17) is 4.52 Å². The molecule has 9 heteroatoms. The first-order chi connectivity index (χ1) is 10.2. The Hall–Kier alpha value is -2.29. The van der Waals surface area contributed by atoms with Crippen LogP contribution in [0.5, 0.6) is 0 Å². The van der Waals surface area contributed by atoms with Crippen molar-refractivity contribution in [1.29, 1.82) is 0 Å². The zero-order valence-corrected chi connectivity index (χ0v) is 12.4. The van der Waals surface area contributed by atoms with Crippen molar-refractivity contribution in [3.63, 3.8) is 0 Å². The molecule has 0 bridgehead atoms. The second kappa shape index (κ2) is 5.84. The minimum Gasteiger partial charge on any atom is -0.361 e. The van der Waals surface area contributed by atoms with E-state index in [1.54, 1.807) is 13.8 Å². The van der Waals surface area contributed by atoms with Crippen molar-refractivity contribution in [2.75, 3.05) is 5.32 Å². The molecule has 0 radical (unpaired) electrons. The number of sulfone groups is 1. The van der Waals surface area contributed by atoms with Gasteiger partial charge in [0.1, 0.15) is 11.3 Å². The first-order valence-electron chi connectivity index (χ1n) is 6.10. The van der Waals surface area contributed by atoms with Crippen LogP contribution >= 0.6 is 0 Å². The number of rotatable bonds is 4. The van der Waals surface area contributed by atoms with Crippen LogP contribution in [-0.4, -0.2) is 25.2 Å². The van der Waals surface area contributed by atoms with Gasteiger partial charge in [0.05, 0.1) is 10.6 Å². The molecule has 1 aromatic heterocycles. The van der Waals surface area contributed by atoms with Crippen LogP contribution in [0.4, 0.5) is 14.5 Å². The molecule has 1 heterocycles. The summed E-state index contributed by atoms with van der Waals surface area (Å²) in [6.07, 6.45) is 0. The molecular formula is C13H12F2N2O4S. The van der Waals surface area contributed by atoms with E-state index in [-0.39, 0.29) is 11.3 Å². The highest BCUT2D eigenvalue weighted by Crippen LogP contribution is 2.21. The highest BCUT2D eigenvalue weighted by Gasteiger charge is 2.26. The van der Waals surface area contributed by atoms with E-state index in [0.29, 0.717) is 11.5 Å². The summed E-state index contributed by atoms with van der Waals surface area (Å²) in [5.41, 5.74) is 0.939. The SMILES string of the molecule is Cc1noc(C)c1C(=O)Nc1ccc(S(=O)(=O)C(F)F)cc1. The number of benzene rings is 1. The molecule has 0 atom stereocenters. The lowest BCUT2D eigenvalue weighted by Gasteiger charge is -2.07. The molecule has 6 nitrogen and oxygen atoms in total. The Labute approximate surface area is 125 Å². The highest BCUT2D eigenvalue weighted by atomic mass is 32.2. The van der Waals surface area contributed by atoms with Crippen molar-refractivity contribution in [2.24, 2.45) is 0 Å². The molecule has 0 aliphatic rings. The van der Waals surface area contributed by atoms with Gasteiger partial charge in [0, 0.05) is 5.69 Å². The van der Waals surface area contributed by atoms with Gasteiger partial charge in [-0.15, -0.1) is 0 Å².